The Morgan fingerprint density at radius 1 is 1.12 bits per heavy atom. The zero-order valence-corrected chi connectivity index (χ0v) is 14.3. The zero-order chi connectivity index (χ0) is 16.5. The topological polar surface area (TPSA) is 67.8 Å². The largest absolute Gasteiger partial charge is 0.298 e. The molecule has 5 nitrogen and oxygen atoms in total. The smallest absolute Gasteiger partial charge is 0.259 e. The second-order valence-corrected chi connectivity index (χ2v) is 7.02. The van der Waals surface area contributed by atoms with Crippen LogP contribution in [0, 0.1) is 6.92 Å². The average molecular weight is 352 g/mol. The third-order valence-electron chi connectivity index (χ3n) is 3.39. The number of aromatic nitrogens is 3. The number of thiazole rings is 2. The molecule has 0 atom stereocenters. The second-order valence-electron chi connectivity index (χ2n) is 5.13. The lowest BCUT2D eigenvalue weighted by molar-refractivity contribution is 0.102. The van der Waals surface area contributed by atoms with E-state index in [1.54, 1.807) is 18.3 Å². The molecule has 0 fully saturated rings. The summed E-state index contributed by atoms with van der Waals surface area (Å²) in [6, 6.07) is 11.4. The number of rotatable bonds is 3. The molecule has 24 heavy (non-hydrogen) atoms. The quantitative estimate of drug-likeness (QED) is 0.594. The number of aryl methyl sites for hydroxylation is 1. The normalized spacial score (nSPS) is 10.9. The summed E-state index contributed by atoms with van der Waals surface area (Å²) in [5.41, 5.74) is 2.87. The maximum absolute atomic E-state index is 12.6. The first-order valence-corrected chi connectivity index (χ1v) is 8.95. The monoisotopic (exact) mass is 352 g/mol. The van der Waals surface area contributed by atoms with Gasteiger partial charge in [0.15, 0.2) is 5.13 Å². The Kier molecular flexibility index (Phi) is 3.79. The van der Waals surface area contributed by atoms with Crippen LogP contribution < -0.4 is 5.32 Å². The number of pyridine rings is 1. The van der Waals surface area contributed by atoms with Gasteiger partial charge >= 0.3 is 0 Å². The summed E-state index contributed by atoms with van der Waals surface area (Å²) in [6.07, 6.45) is 1.67. The van der Waals surface area contributed by atoms with Crippen molar-refractivity contribution in [2.75, 3.05) is 5.32 Å². The lowest BCUT2D eigenvalue weighted by atomic mass is 10.2. The van der Waals surface area contributed by atoms with Gasteiger partial charge in [0.05, 0.1) is 21.5 Å². The number of carbonyl (C=O) groups is 1. The molecule has 3 aromatic heterocycles. The van der Waals surface area contributed by atoms with Gasteiger partial charge in [0.25, 0.3) is 5.91 Å². The van der Waals surface area contributed by atoms with Crippen LogP contribution in [0.5, 0.6) is 0 Å². The fourth-order valence-electron chi connectivity index (χ4n) is 2.31. The van der Waals surface area contributed by atoms with E-state index in [9.17, 15) is 4.79 Å². The van der Waals surface area contributed by atoms with Crippen molar-refractivity contribution in [3.63, 3.8) is 0 Å². The highest BCUT2D eigenvalue weighted by Crippen LogP contribution is 2.31. The van der Waals surface area contributed by atoms with Crippen LogP contribution in [-0.2, 0) is 0 Å². The van der Waals surface area contributed by atoms with Crippen LogP contribution in [0.3, 0.4) is 0 Å². The molecule has 4 rings (SSSR count). The maximum Gasteiger partial charge on any atom is 0.259 e. The van der Waals surface area contributed by atoms with Crippen molar-refractivity contribution in [2.24, 2.45) is 0 Å². The summed E-state index contributed by atoms with van der Waals surface area (Å²) in [6.45, 7) is 1.89. The van der Waals surface area contributed by atoms with E-state index >= 15 is 0 Å². The first-order chi connectivity index (χ1) is 11.7. The molecule has 0 spiro atoms. The van der Waals surface area contributed by atoms with Gasteiger partial charge in [-0.2, -0.15) is 0 Å². The number of nitrogens with one attached hydrogen (secondary N) is 1. The fourth-order valence-corrected chi connectivity index (χ4v) is 3.97. The molecule has 0 unspecified atom stereocenters. The second kappa shape index (κ2) is 6.10. The van der Waals surface area contributed by atoms with E-state index in [1.807, 2.05) is 36.6 Å². The van der Waals surface area contributed by atoms with E-state index < -0.39 is 0 Å². The molecule has 1 N–H and O–H groups in total. The van der Waals surface area contributed by atoms with Crippen molar-refractivity contribution in [1.82, 2.24) is 15.0 Å². The van der Waals surface area contributed by atoms with Crippen LogP contribution >= 0.6 is 22.7 Å². The van der Waals surface area contributed by atoms with Crippen molar-refractivity contribution in [3.8, 4) is 10.7 Å². The number of benzene rings is 1. The SMILES string of the molecule is Cc1csc(NC(=O)c2cccnc2-c2nc3ccccc3s2)n1. The van der Waals surface area contributed by atoms with Crippen LogP contribution in [0.1, 0.15) is 16.1 Å². The number of nitrogens with zero attached hydrogens (tertiary/aromatic N) is 3. The zero-order valence-electron chi connectivity index (χ0n) is 12.7. The first kappa shape index (κ1) is 14.9. The van der Waals surface area contributed by atoms with Gasteiger partial charge in [-0.15, -0.1) is 22.7 Å². The van der Waals surface area contributed by atoms with Gasteiger partial charge in [-0.3, -0.25) is 15.1 Å². The van der Waals surface area contributed by atoms with E-state index in [-0.39, 0.29) is 5.91 Å². The summed E-state index contributed by atoms with van der Waals surface area (Å²) in [4.78, 5) is 25.9. The van der Waals surface area contributed by atoms with Gasteiger partial charge in [-0.05, 0) is 31.2 Å². The molecule has 118 valence electrons. The van der Waals surface area contributed by atoms with Crippen LogP contribution in [-0.4, -0.2) is 20.9 Å². The van der Waals surface area contributed by atoms with E-state index in [1.165, 1.54) is 22.7 Å². The van der Waals surface area contributed by atoms with Gasteiger partial charge in [0.1, 0.15) is 10.7 Å². The maximum atomic E-state index is 12.6. The molecule has 0 aliphatic carbocycles. The molecule has 0 aliphatic rings. The van der Waals surface area contributed by atoms with Gasteiger partial charge in [-0.1, -0.05) is 12.1 Å². The van der Waals surface area contributed by atoms with Crippen LogP contribution in [0.4, 0.5) is 5.13 Å². The van der Waals surface area contributed by atoms with Gasteiger partial charge in [-0.25, -0.2) is 9.97 Å². The molecule has 1 amide bonds. The number of carbonyl (C=O) groups excluding carboxylic acids is 1. The highest BCUT2D eigenvalue weighted by Gasteiger charge is 2.18. The average Bonchev–Trinajstić information content (AvgIpc) is 3.20. The summed E-state index contributed by atoms with van der Waals surface area (Å²) < 4.78 is 1.07. The molecular formula is C17H12N4OS2. The van der Waals surface area contributed by atoms with Crippen molar-refractivity contribution >= 4 is 43.9 Å². The predicted molar refractivity (Wildman–Crippen MR) is 97.7 cm³/mol. The summed E-state index contributed by atoms with van der Waals surface area (Å²) in [5, 5.41) is 6.04. The third-order valence-corrected chi connectivity index (χ3v) is 5.31. The van der Waals surface area contributed by atoms with Crippen LogP contribution in [0.25, 0.3) is 20.9 Å². The summed E-state index contributed by atoms with van der Waals surface area (Å²) in [7, 11) is 0. The predicted octanol–water partition coefficient (Wildman–Crippen LogP) is 4.38. The Hall–Kier alpha value is -2.64. The first-order valence-electron chi connectivity index (χ1n) is 7.25. The van der Waals surface area contributed by atoms with Crippen LogP contribution in [0.15, 0.2) is 48.0 Å². The van der Waals surface area contributed by atoms with Gasteiger partial charge in [0.2, 0.25) is 0 Å². The molecule has 3 heterocycles. The minimum Gasteiger partial charge on any atom is -0.298 e. The van der Waals surface area contributed by atoms with Gasteiger partial charge < -0.3 is 0 Å². The molecule has 0 aliphatic heterocycles. The van der Waals surface area contributed by atoms with Gasteiger partial charge in [0, 0.05) is 11.6 Å². The molecular weight excluding hydrogens is 340 g/mol. The minimum atomic E-state index is -0.230. The van der Waals surface area contributed by atoms with Crippen molar-refractivity contribution in [3.05, 3.63) is 59.2 Å². The Balaban J connectivity index is 1.73. The third kappa shape index (κ3) is 2.79. The van der Waals surface area contributed by atoms with E-state index in [0.29, 0.717) is 16.4 Å². The molecule has 4 aromatic rings. The number of fused-ring (bicyclic) bond motifs is 1. The molecule has 0 saturated heterocycles. The van der Waals surface area contributed by atoms with Crippen molar-refractivity contribution < 1.29 is 4.79 Å². The molecule has 1 aromatic carbocycles. The number of hydrogen-bond acceptors (Lipinski definition) is 6. The summed E-state index contributed by atoms with van der Waals surface area (Å²) in [5.74, 6) is -0.230. The molecule has 0 bridgehead atoms. The lowest BCUT2D eigenvalue weighted by Gasteiger charge is -2.05. The Labute approximate surface area is 146 Å². The number of anilines is 1. The number of hydrogen-bond donors (Lipinski definition) is 1. The van der Waals surface area contributed by atoms with Crippen molar-refractivity contribution in [1.29, 1.82) is 0 Å². The lowest BCUT2D eigenvalue weighted by Crippen LogP contribution is -2.13. The van der Waals surface area contributed by atoms with E-state index in [4.69, 9.17) is 0 Å². The minimum absolute atomic E-state index is 0.230. The van der Waals surface area contributed by atoms with E-state index in [0.717, 1.165) is 20.9 Å². The van der Waals surface area contributed by atoms with Crippen LogP contribution in [0.2, 0.25) is 0 Å². The highest BCUT2D eigenvalue weighted by atomic mass is 32.1. The standard InChI is InChI=1S/C17H12N4OS2/c1-10-9-23-17(19-10)21-15(22)11-5-4-8-18-14(11)16-20-12-6-2-3-7-13(12)24-16/h2-9H,1H3,(H,19,21,22). The Morgan fingerprint density at radius 3 is 2.79 bits per heavy atom. The van der Waals surface area contributed by atoms with E-state index in [2.05, 4.69) is 20.3 Å². The highest BCUT2D eigenvalue weighted by molar-refractivity contribution is 7.21. The van der Waals surface area contributed by atoms with Crippen molar-refractivity contribution in [2.45, 2.75) is 6.92 Å². The molecule has 0 radical (unpaired) electrons. The number of amides is 1. The Morgan fingerprint density at radius 2 is 2.00 bits per heavy atom. The number of para-hydroxylation sites is 1. The molecule has 7 heteroatoms. The fraction of sp³-hybridized carbons (Fsp3) is 0.0588. The summed E-state index contributed by atoms with van der Waals surface area (Å²) >= 11 is 2.93. The Bertz CT molecular complexity index is 1000. The molecule has 0 saturated carbocycles.